The van der Waals surface area contributed by atoms with Crippen molar-refractivity contribution in [3.63, 3.8) is 0 Å². The first-order valence-electron chi connectivity index (χ1n) is 8.09. The SMILES string of the molecule is CCC(C(=O)N1CCC(C(=O)O)(C(F)(F)F)C1)c1cccc(C(F)(F)F)c1. The molecule has 1 aliphatic rings. The van der Waals surface area contributed by atoms with Crippen LogP contribution in [0.25, 0.3) is 0 Å². The summed E-state index contributed by atoms with van der Waals surface area (Å²) in [6.45, 7) is 0.0351. The van der Waals surface area contributed by atoms with E-state index in [9.17, 15) is 35.9 Å². The molecule has 0 spiro atoms. The van der Waals surface area contributed by atoms with E-state index in [-0.39, 0.29) is 12.0 Å². The van der Waals surface area contributed by atoms with Crippen molar-refractivity contribution in [3.05, 3.63) is 35.4 Å². The number of amides is 1. The molecule has 2 atom stereocenters. The van der Waals surface area contributed by atoms with Crippen molar-refractivity contribution in [3.8, 4) is 0 Å². The van der Waals surface area contributed by atoms with Crippen LogP contribution in [0.1, 0.15) is 36.8 Å². The lowest BCUT2D eigenvalue weighted by atomic mass is 9.86. The van der Waals surface area contributed by atoms with Gasteiger partial charge >= 0.3 is 18.3 Å². The van der Waals surface area contributed by atoms with Gasteiger partial charge in [0.2, 0.25) is 5.91 Å². The van der Waals surface area contributed by atoms with E-state index in [0.29, 0.717) is 0 Å². The van der Waals surface area contributed by atoms with E-state index in [0.717, 1.165) is 23.1 Å². The summed E-state index contributed by atoms with van der Waals surface area (Å²) in [5, 5.41) is 9.05. The number of halogens is 6. The molecule has 1 fully saturated rings. The van der Waals surface area contributed by atoms with Crippen LogP contribution in [0.3, 0.4) is 0 Å². The topological polar surface area (TPSA) is 57.6 Å². The van der Waals surface area contributed by atoms with Crippen LogP contribution in [0.15, 0.2) is 24.3 Å². The molecule has 1 N–H and O–H groups in total. The highest BCUT2D eigenvalue weighted by Crippen LogP contribution is 2.46. The van der Waals surface area contributed by atoms with Gasteiger partial charge in [-0.15, -0.1) is 0 Å². The molecule has 10 heteroatoms. The van der Waals surface area contributed by atoms with E-state index in [1.165, 1.54) is 13.0 Å². The van der Waals surface area contributed by atoms with Crippen LogP contribution in [0, 0.1) is 5.41 Å². The summed E-state index contributed by atoms with van der Waals surface area (Å²) in [4.78, 5) is 24.7. The number of carbonyl (C=O) groups is 2. The maximum atomic E-state index is 13.2. The molecular formula is C17H17F6NO3. The molecule has 1 saturated heterocycles. The Morgan fingerprint density at radius 1 is 1.22 bits per heavy atom. The average molecular weight is 397 g/mol. The molecule has 1 aliphatic heterocycles. The van der Waals surface area contributed by atoms with Crippen molar-refractivity contribution in [1.29, 1.82) is 0 Å². The number of aliphatic carboxylic acids is 1. The highest BCUT2D eigenvalue weighted by atomic mass is 19.4. The number of rotatable bonds is 4. The summed E-state index contributed by atoms with van der Waals surface area (Å²) in [6, 6.07) is 4.03. The Labute approximate surface area is 150 Å². The summed E-state index contributed by atoms with van der Waals surface area (Å²) in [6.07, 6.45) is -10.4. The Bertz CT molecular complexity index is 730. The first-order chi connectivity index (χ1) is 12.3. The number of benzene rings is 1. The number of alkyl halides is 6. The summed E-state index contributed by atoms with van der Waals surface area (Å²) in [5.74, 6) is -3.98. The molecule has 0 saturated carbocycles. The number of carboxylic acids is 1. The van der Waals surface area contributed by atoms with Crippen molar-refractivity contribution >= 4 is 11.9 Å². The molecule has 2 rings (SSSR count). The lowest BCUT2D eigenvalue weighted by Gasteiger charge is -2.28. The molecule has 1 aromatic rings. The molecule has 0 radical (unpaired) electrons. The highest BCUT2D eigenvalue weighted by molar-refractivity contribution is 5.86. The Kier molecular flexibility index (Phi) is 5.49. The van der Waals surface area contributed by atoms with Crippen LogP contribution in [0.4, 0.5) is 26.3 Å². The van der Waals surface area contributed by atoms with Crippen LogP contribution < -0.4 is 0 Å². The molecule has 4 nitrogen and oxygen atoms in total. The molecule has 1 heterocycles. The van der Waals surface area contributed by atoms with Crippen LogP contribution in [0.2, 0.25) is 0 Å². The maximum absolute atomic E-state index is 13.2. The zero-order valence-corrected chi connectivity index (χ0v) is 14.2. The molecule has 0 aliphatic carbocycles. The zero-order chi connectivity index (χ0) is 20.6. The van der Waals surface area contributed by atoms with E-state index in [1.54, 1.807) is 0 Å². The zero-order valence-electron chi connectivity index (χ0n) is 14.2. The van der Waals surface area contributed by atoms with Crippen molar-refractivity contribution in [2.75, 3.05) is 13.1 Å². The van der Waals surface area contributed by atoms with E-state index < -0.39 is 60.6 Å². The van der Waals surface area contributed by atoms with Gasteiger partial charge in [-0.3, -0.25) is 9.59 Å². The molecule has 27 heavy (non-hydrogen) atoms. The van der Waals surface area contributed by atoms with Crippen LogP contribution >= 0.6 is 0 Å². The van der Waals surface area contributed by atoms with Gasteiger partial charge in [0.15, 0.2) is 5.41 Å². The number of carboxylic acid groups (broad SMARTS) is 1. The number of likely N-dealkylation sites (tertiary alicyclic amines) is 1. The normalized spacial score (nSPS) is 22.0. The molecule has 2 unspecified atom stereocenters. The third-order valence-electron chi connectivity index (χ3n) is 4.86. The van der Waals surface area contributed by atoms with Gasteiger partial charge in [-0.05, 0) is 24.5 Å². The average Bonchev–Trinajstić information content (AvgIpc) is 3.01. The second-order valence-corrected chi connectivity index (χ2v) is 6.48. The third-order valence-corrected chi connectivity index (χ3v) is 4.86. The van der Waals surface area contributed by atoms with E-state index in [4.69, 9.17) is 5.11 Å². The Morgan fingerprint density at radius 3 is 2.30 bits per heavy atom. The first kappa shape index (κ1) is 21.0. The predicted octanol–water partition coefficient (Wildman–Crippen LogP) is 4.06. The number of carbonyl (C=O) groups excluding carboxylic acids is 1. The number of nitrogens with zero attached hydrogens (tertiary/aromatic N) is 1. The number of hydrogen-bond donors (Lipinski definition) is 1. The highest BCUT2D eigenvalue weighted by Gasteiger charge is 2.64. The minimum atomic E-state index is -5.05. The van der Waals surface area contributed by atoms with E-state index >= 15 is 0 Å². The summed E-state index contributed by atoms with van der Waals surface area (Å²) < 4.78 is 78.4. The Hall–Kier alpha value is -2.26. The summed E-state index contributed by atoms with van der Waals surface area (Å²) in [5.41, 5.74) is -4.01. The molecule has 1 aromatic carbocycles. The minimum Gasteiger partial charge on any atom is -0.481 e. The van der Waals surface area contributed by atoms with Gasteiger partial charge in [-0.1, -0.05) is 25.1 Å². The van der Waals surface area contributed by atoms with E-state index in [2.05, 4.69) is 0 Å². The summed E-state index contributed by atoms with van der Waals surface area (Å²) in [7, 11) is 0. The second-order valence-electron chi connectivity index (χ2n) is 6.48. The van der Waals surface area contributed by atoms with Gasteiger partial charge in [-0.25, -0.2) is 0 Å². The molecule has 1 amide bonds. The molecule has 0 aromatic heterocycles. The first-order valence-corrected chi connectivity index (χ1v) is 8.09. The second kappa shape index (κ2) is 7.05. The Morgan fingerprint density at radius 2 is 1.85 bits per heavy atom. The van der Waals surface area contributed by atoms with Crippen LogP contribution in [-0.2, 0) is 15.8 Å². The Balaban J connectivity index is 2.30. The summed E-state index contributed by atoms with van der Waals surface area (Å²) >= 11 is 0. The molecule has 150 valence electrons. The standard InChI is InChI=1S/C17H17F6NO3/c1-2-12(10-4-3-5-11(8-10)16(18,19)20)13(25)24-7-6-15(9-24,14(26)27)17(21,22)23/h3-5,8,12H,2,6-7,9H2,1H3,(H,26,27). The monoisotopic (exact) mass is 397 g/mol. The predicted molar refractivity (Wildman–Crippen MR) is 81.8 cm³/mol. The fraction of sp³-hybridized carbons (Fsp3) is 0.529. The third kappa shape index (κ3) is 3.89. The van der Waals surface area contributed by atoms with Gasteiger partial charge < -0.3 is 10.0 Å². The van der Waals surface area contributed by atoms with Gasteiger partial charge in [0, 0.05) is 13.1 Å². The van der Waals surface area contributed by atoms with Crippen molar-refractivity contribution in [2.45, 2.75) is 38.0 Å². The minimum absolute atomic E-state index is 0.0251. The largest absolute Gasteiger partial charge is 0.481 e. The molecule has 0 bridgehead atoms. The van der Waals surface area contributed by atoms with E-state index in [1.807, 2.05) is 0 Å². The molecular weight excluding hydrogens is 380 g/mol. The van der Waals surface area contributed by atoms with Crippen molar-refractivity contribution < 1.29 is 41.0 Å². The van der Waals surface area contributed by atoms with Gasteiger partial charge in [0.25, 0.3) is 0 Å². The van der Waals surface area contributed by atoms with Crippen LogP contribution in [0.5, 0.6) is 0 Å². The van der Waals surface area contributed by atoms with Crippen molar-refractivity contribution in [1.82, 2.24) is 4.90 Å². The maximum Gasteiger partial charge on any atom is 0.416 e. The number of hydrogen-bond acceptors (Lipinski definition) is 2. The van der Waals surface area contributed by atoms with Crippen LogP contribution in [-0.4, -0.2) is 41.1 Å². The lowest BCUT2D eigenvalue weighted by molar-refractivity contribution is -0.227. The van der Waals surface area contributed by atoms with Crippen molar-refractivity contribution in [2.24, 2.45) is 5.41 Å². The lowest BCUT2D eigenvalue weighted by Crippen LogP contribution is -2.48. The fourth-order valence-corrected chi connectivity index (χ4v) is 3.23. The van der Waals surface area contributed by atoms with Gasteiger partial charge in [-0.2, -0.15) is 26.3 Å². The van der Waals surface area contributed by atoms with Gasteiger partial charge in [0.1, 0.15) is 0 Å². The quantitative estimate of drug-likeness (QED) is 0.780. The smallest absolute Gasteiger partial charge is 0.416 e. The fourth-order valence-electron chi connectivity index (χ4n) is 3.23. The van der Waals surface area contributed by atoms with Gasteiger partial charge in [0.05, 0.1) is 11.5 Å².